The molecule has 7 nitrogen and oxygen atoms in total. The Morgan fingerprint density at radius 1 is 0.926 bits per heavy atom. The van der Waals surface area contributed by atoms with E-state index in [0.29, 0.717) is 22.9 Å². The third-order valence-electron chi connectivity index (χ3n) is 4.08. The summed E-state index contributed by atoms with van der Waals surface area (Å²) in [4.78, 5) is 12.6. The first kappa shape index (κ1) is 18.3. The van der Waals surface area contributed by atoms with Gasteiger partial charge in [-0.2, -0.15) is 5.10 Å². The lowest BCUT2D eigenvalue weighted by molar-refractivity contribution is 0.102. The highest BCUT2D eigenvalue weighted by Gasteiger charge is 2.15. The normalized spacial score (nSPS) is 10.4. The molecule has 140 valence electrons. The summed E-state index contributed by atoms with van der Waals surface area (Å²) < 4.78 is 17.3. The molecule has 0 saturated heterocycles. The smallest absolute Gasteiger partial charge is 0.276 e. The fourth-order valence-corrected chi connectivity index (χ4v) is 2.68. The third kappa shape index (κ3) is 3.87. The summed E-state index contributed by atoms with van der Waals surface area (Å²) in [5.74, 6) is 1.58. The first-order valence-corrected chi connectivity index (χ1v) is 8.30. The summed E-state index contributed by atoms with van der Waals surface area (Å²) in [7, 11) is 4.72. The Morgan fingerprint density at radius 2 is 1.63 bits per heavy atom. The number of ether oxygens (including phenoxy) is 3. The summed E-state index contributed by atoms with van der Waals surface area (Å²) in [5, 5.41) is 7.24. The molecule has 0 fully saturated rings. The van der Waals surface area contributed by atoms with Crippen molar-refractivity contribution in [3.63, 3.8) is 0 Å². The maximum atomic E-state index is 12.6. The highest BCUT2D eigenvalue weighted by Crippen LogP contribution is 2.30. The lowest BCUT2D eigenvalue weighted by Gasteiger charge is -2.10. The average molecular weight is 367 g/mol. The number of hydrogen-bond donors (Lipinski definition) is 1. The van der Waals surface area contributed by atoms with E-state index in [9.17, 15) is 4.79 Å². The molecule has 0 atom stereocenters. The van der Waals surface area contributed by atoms with Crippen molar-refractivity contribution in [1.82, 2.24) is 9.78 Å². The molecule has 2 aromatic carbocycles. The van der Waals surface area contributed by atoms with E-state index in [1.165, 1.54) is 0 Å². The molecular weight excluding hydrogens is 346 g/mol. The van der Waals surface area contributed by atoms with Gasteiger partial charge < -0.3 is 19.5 Å². The predicted octanol–water partition coefficient (Wildman–Crippen LogP) is 3.46. The number of aryl methyl sites for hydroxylation is 1. The number of nitrogens with zero attached hydrogens (tertiary/aromatic N) is 2. The SMILES string of the molecule is COc1ccc(-n2nc(C(=O)Nc3ccc(OC)c(OC)c3)cc2C)cc1. The Kier molecular flexibility index (Phi) is 5.30. The van der Waals surface area contributed by atoms with Gasteiger partial charge in [-0.1, -0.05) is 0 Å². The zero-order valence-corrected chi connectivity index (χ0v) is 15.6. The van der Waals surface area contributed by atoms with Crippen LogP contribution in [-0.4, -0.2) is 37.0 Å². The summed E-state index contributed by atoms with van der Waals surface area (Å²) in [6.45, 7) is 1.89. The van der Waals surface area contributed by atoms with Gasteiger partial charge in [0.25, 0.3) is 5.91 Å². The van der Waals surface area contributed by atoms with Gasteiger partial charge in [-0.05, 0) is 49.4 Å². The van der Waals surface area contributed by atoms with Gasteiger partial charge in [0, 0.05) is 17.4 Å². The van der Waals surface area contributed by atoms with Crippen LogP contribution in [-0.2, 0) is 0 Å². The zero-order chi connectivity index (χ0) is 19.4. The van der Waals surface area contributed by atoms with Gasteiger partial charge in [-0.3, -0.25) is 4.79 Å². The van der Waals surface area contributed by atoms with Crippen LogP contribution in [0.1, 0.15) is 16.2 Å². The average Bonchev–Trinajstić information content (AvgIpc) is 3.09. The summed E-state index contributed by atoms with van der Waals surface area (Å²) in [5.41, 5.74) is 2.60. The second-order valence-corrected chi connectivity index (χ2v) is 5.80. The molecule has 0 aliphatic rings. The van der Waals surface area contributed by atoms with Crippen molar-refractivity contribution in [3.8, 4) is 22.9 Å². The Labute approximate surface area is 157 Å². The van der Waals surface area contributed by atoms with Crippen LogP contribution in [0, 0.1) is 6.92 Å². The van der Waals surface area contributed by atoms with Gasteiger partial charge in [-0.15, -0.1) is 0 Å². The monoisotopic (exact) mass is 367 g/mol. The minimum absolute atomic E-state index is 0.308. The fourth-order valence-electron chi connectivity index (χ4n) is 2.68. The predicted molar refractivity (Wildman–Crippen MR) is 102 cm³/mol. The number of rotatable bonds is 6. The van der Waals surface area contributed by atoms with Gasteiger partial charge in [0.1, 0.15) is 5.75 Å². The van der Waals surface area contributed by atoms with E-state index < -0.39 is 0 Å². The van der Waals surface area contributed by atoms with Crippen molar-refractivity contribution in [2.45, 2.75) is 6.92 Å². The molecule has 1 N–H and O–H groups in total. The number of benzene rings is 2. The van der Waals surface area contributed by atoms with Crippen LogP contribution in [0.4, 0.5) is 5.69 Å². The van der Waals surface area contributed by atoms with Crippen molar-refractivity contribution < 1.29 is 19.0 Å². The van der Waals surface area contributed by atoms with E-state index in [2.05, 4.69) is 10.4 Å². The van der Waals surface area contributed by atoms with Crippen LogP contribution < -0.4 is 19.5 Å². The highest BCUT2D eigenvalue weighted by atomic mass is 16.5. The first-order valence-electron chi connectivity index (χ1n) is 8.30. The van der Waals surface area contributed by atoms with Crippen molar-refractivity contribution >= 4 is 11.6 Å². The van der Waals surface area contributed by atoms with E-state index in [0.717, 1.165) is 17.1 Å². The highest BCUT2D eigenvalue weighted by molar-refractivity contribution is 6.03. The molecule has 0 aliphatic heterocycles. The lowest BCUT2D eigenvalue weighted by Crippen LogP contribution is -2.13. The third-order valence-corrected chi connectivity index (χ3v) is 4.08. The number of amides is 1. The molecule has 0 saturated carbocycles. The maximum absolute atomic E-state index is 12.6. The second kappa shape index (κ2) is 7.82. The minimum Gasteiger partial charge on any atom is -0.497 e. The molecule has 1 amide bonds. The summed E-state index contributed by atoms with van der Waals surface area (Å²) in [6, 6.07) is 14.4. The van der Waals surface area contributed by atoms with Gasteiger partial charge in [0.2, 0.25) is 0 Å². The molecule has 1 aromatic heterocycles. The van der Waals surface area contributed by atoms with Gasteiger partial charge in [-0.25, -0.2) is 4.68 Å². The molecule has 0 aliphatic carbocycles. The van der Waals surface area contributed by atoms with Crippen LogP contribution in [0.25, 0.3) is 5.69 Å². The topological polar surface area (TPSA) is 74.6 Å². The Bertz CT molecular complexity index is 948. The number of hydrogen-bond acceptors (Lipinski definition) is 5. The van der Waals surface area contributed by atoms with E-state index >= 15 is 0 Å². The van der Waals surface area contributed by atoms with Crippen LogP contribution in [0.5, 0.6) is 17.2 Å². The molecular formula is C20H21N3O4. The molecule has 1 heterocycles. The van der Waals surface area contributed by atoms with E-state index in [-0.39, 0.29) is 5.91 Å². The number of nitrogens with one attached hydrogen (secondary N) is 1. The minimum atomic E-state index is -0.308. The van der Waals surface area contributed by atoms with E-state index in [1.54, 1.807) is 50.3 Å². The Balaban J connectivity index is 1.81. The van der Waals surface area contributed by atoms with Crippen LogP contribution in [0.3, 0.4) is 0 Å². The van der Waals surface area contributed by atoms with Crippen LogP contribution in [0.2, 0.25) is 0 Å². The lowest BCUT2D eigenvalue weighted by atomic mass is 10.2. The molecule has 3 aromatic rings. The summed E-state index contributed by atoms with van der Waals surface area (Å²) in [6.07, 6.45) is 0. The van der Waals surface area contributed by atoms with Crippen LogP contribution in [0.15, 0.2) is 48.5 Å². The molecule has 27 heavy (non-hydrogen) atoms. The second-order valence-electron chi connectivity index (χ2n) is 5.80. The zero-order valence-electron chi connectivity index (χ0n) is 15.6. The molecule has 0 radical (unpaired) electrons. The van der Waals surface area contributed by atoms with Crippen molar-refractivity contribution in [2.75, 3.05) is 26.6 Å². The summed E-state index contributed by atoms with van der Waals surface area (Å²) >= 11 is 0. The standard InChI is InChI=1S/C20H21N3O4/c1-13-11-17(22-23(13)15-6-8-16(25-2)9-7-15)20(24)21-14-5-10-18(26-3)19(12-14)27-4/h5-12H,1-4H3,(H,21,24). The molecule has 0 spiro atoms. The largest absolute Gasteiger partial charge is 0.497 e. The first-order chi connectivity index (χ1) is 13.0. The molecule has 3 rings (SSSR count). The van der Waals surface area contributed by atoms with Crippen LogP contribution >= 0.6 is 0 Å². The van der Waals surface area contributed by atoms with E-state index in [4.69, 9.17) is 14.2 Å². The number of carbonyl (C=O) groups is 1. The van der Waals surface area contributed by atoms with Gasteiger partial charge in [0.05, 0.1) is 27.0 Å². The van der Waals surface area contributed by atoms with Gasteiger partial charge >= 0.3 is 0 Å². The number of anilines is 1. The van der Waals surface area contributed by atoms with Crippen molar-refractivity contribution in [3.05, 3.63) is 59.9 Å². The molecule has 0 unspecified atom stereocenters. The van der Waals surface area contributed by atoms with E-state index in [1.807, 2.05) is 31.2 Å². The van der Waals surface area contributed by atoms with Crippen molar-refractivity contribution in [2.24, 2.45) is 0 Å². The maximum Gasteiger partial charge on any atom is 0.276 e. The number of methoxy groups -OCH3 is 3. The molecule has 7 heteroatoms. The number of aromatic nitrogens is 2. The number of carbonyl (C=O) groups excluding carboxylic acids is 1. The fraction of sp³-hybridized carbons (Fsp3) is 0.200. The quantitative estimate of drug-likeness (QED) is 0.722. The Morgan fingerprint density at radius 3 is 2.26 bits per heavy atom. The Hall–Kier alpha value is -3.48. The van der Waals surface area contributed by atoms with Gasteiger partial charge in [0.15, 0.2) is 17.2 Å². The molecule has 0 bridgehead atoms. The van der Waals surface area contributed by atoms with Crippen molar-refractivity contribution in [1.29, 1.82) is 0 Å².